The van der Waals surface area contributed by atoms with Crippen molar-refractivity contribution in [1.29, 1.82) is 0 Å². The maximum absolute atomic E-state index is 10.8. The Labute approximate surface area is 115 Å². The number of hydrogen-bond donors (Lipinski definition) is 1. The van der Waals surface area contributed by atoms with Crippen LogP contribution in [0.4, 0.5) is 0 Å². The second-order valence-corrected chi connectivity index (χ2v) is 6.18. The van der Waals surface area contributed by atoms with E-state index in [9.17, 15) is 4.79 Å². The molecule has 17 heavy (non-hydrogen) atoms. The first-order chi connectivity index (χ1) is 8.06. The van der Waals surface area contributed by atoms with E-state index >= 15 is 0 Å². The Balaban J connectivity index is 2.22. The molecule has 0 amide bonds. The van der Waals surface area contributed by atoms with Crippen LogP contribution in [-0.4, -0.2) is 16.1 Å². The maximum Gasteiger partial charge on any atom is 0.345 e. The number of carbonyl (C=O) groups is 1. The summed E-state index contributed by atoms with van der Waals surface area (Å²) >= 11 is 6.12. The average Bonchev–Trinajstić information content (AvgIpc) is 2.71. The molecule has 6 heteroatoms. The fraction of sp³-hybridized carbons (Fsp3) is 0.0909. The van der Waals surface area contributed by atoms with Gasteiger partial charge in [-0.15, -0.1) is 11.3 Å². The molecule has 0 aromatic carbocycles. The highest BCUT2D eigenvalue weighted by Gasteiger charge is 2.10. The van der Waals surface area contributed by atoms with Gasteiger partial charge in [0.15, 0.2) is 0 Å². The van der Waals surface area contributed by atoms with Crippen LogP contribution < -0.4 is 0 Å². The van der Waals surface area contributed by atoms with Crippen molar-refractivity contribution < 1.29 is 9.90 Å². The molecule has 1 N–H and O–H groups in total. The molecular formula is C11H8BrNO2S2. The quantitative estimate of drug-likeness (QED) is 0.922. The summed E-state index contributed by atoms with van der Waals surface area (Å²) in [6.45, 7) is 1.97. The zero-order valence-electron chi connectivity index (χ0n) is 8.81. The fourth-order valence-electron chi connectivity index (χ4n) is 1.19. The van der Waals surface area contributed by atoms with Crippen LogP contribution >= 0.6 is 39.0 Å². The van der Waals surface area contributed by atoms with Gasteiger partial charge in [-0.25, -0.2) is 9.78 Å². The van der Waals surface area contributed by atoms with Crippen LogP contribution in [-0.2, 0) is 0 Å². The summed E-state index contributed by atoms with van der Waals surface area (Å²) in [5.74, 6) is -0.891. The number of aromatic nitrogens is 1. The van der Waals surface area contributed by atoms with Crippen molar-refractivity contribution >= 4 is 45.0 Å². The summed E-state index contributed by atoms with van der Waals surface area (Å²) in [6.07, 6.45) is 1.79. The van der Waals surface area contributed by atoms with Gasteiger partial charge in [0, 0.05) is 16.5 Å². The third kappa shape index (κ3) is 3.08. The minimum Gasteiger partial charge on any atom is -0.477 e. The second-order valence-electron chi connectivity index (χ2n) is 3.35. The Morgan fingerprint density at radius 2 is 2.29 bits per heavy atom. The maximum atomic E-state index is 10.8. The number of hydrogen-bond acceptors (Lipinski definition) is 4. The van der Waals surface area contributed by atoms with Crippen LogP contribution in [0.2, 0.25) is 0 Å². The fourth-order valence-corrected chi connectivity index (χ4v) is 3.58. The number of aryl methyl sites for hydroxylation is 1. The van der Waals surface area contributed by atoms with E-state index in [1.807, 2.05) is 18.4 Å². The average molecular weight is 330 g/mol. The second kappa shape index (κ2) is 5.20. The van der Waals surface area contributed by atoms with Gasteiger partial charge in [0.05, 0.1) is 4.47 Å². The third-order valence-corrected chi connectivity index (χ3v) is 4.87. The summed E-state index contributed by atoms with van der Waals surface area (Å²) in [4.78, 5) is 16.3. The van der Waals surface area contributed by atoms with Crippen LogP contribution in [0.15, 0.2) is 38.1 Å². The zero-order chi connectivity index (χ0) is 12.4. The van der Waals surface area contributed by atoms with E-state index in [1.165, 1.54) is 23.1 Å². The number of carboxylic acids is 1. The minimum atomic E-state index is -0.891. The Hall–Kier alpha value is -0.850. The standard InChI is InChI=1S/C11H8BrNO2S2/c1-6-2-8(12)10(13-4-6)17-7-3-9(11(14)15)16-5-7/h2-5H,1H3,(H,14,15). The number of nitrogens with zero attached hydrogens (tertiary/aromatic N) is 1. The van der Waals surface area contributed by atoms with Crippen molar-refractivity contribution in [3.8, 4) is 0 Å². The van der Waals surface area contributed by atoms with E-state index in [0.717, 1.165) is 20.0 Å². The Morgan fingerprint density at radius 1 is 1.53 bits per heavy atom. The highest BCUT2D eigenvalue weighted by Crippen LogP contribution is 2.34. The first-order valence-corrected chi connectivity index (χ1v) is 7.17. The molecule has 0 radical (unpaired) electrons. The molecule has 88 valence electrons. The van der Waals surface area contributed by atoms with Crippen molar-refractivity contribution in [2.75, 3.05) is 0 Å². The lowest BCUT2D eigenvalue weighted by Gasteiger charge is -2.01. The lowest BCUT2D eigenvalue weighted by molar-refractivity contribution is 0.0702. The topological polar surface area (TPSA) is 50.2 Å². The van der Waals surface area contributed by atoms with E-state index in [2.05, 4.69) is 20.9 Å². The molecule has 0 atom stereocenters. The van der Waals surface area contributed by atoms with Crippen LogP contribution in [0.5, 0.6) is 0 Å². The van der Waals surface area contributed by atoms with Crippen molar-refractivity contribution in [2.45, 2.75) is 16.8 Å². The zero-order valence-corrected chi connectivity index (χ0v) is 12.0. The number of halogens is 1. The number of pyridine rings is 1. The highest BCUT2D eigenvalue weighted by molar-refractivity contribution is 9.10. The Kier molecular flexibility index (Phi) is 3.86. The number of thiophene rings is 1. The van der Waals surface area contributed by atoms with Crippen molar-refractivity contribution in [3.63, 3.8) is 0 Å². The third-order valence-electron chi connectivity index (χ3n) is 1.94. The smallest absolute Gasteiger partial charge is 0.345 e. The summed E-state index contributed by atoms with van der Waals surface area (Å²) in [5, 5.41) is 11.5. The van der Waals surface area contributed by atoms with Gasteiger partial charge in [-0.2, -0.15) is 0 Å². The highest BCUT2D eigenvalue weighted by atomic mass is 79.9. The Morgan fingerprint density at radius 3 is 2.88 bits per heavy atom. The first-order valence-electron chi connectivity index (χ1n) is 4.68. The molecular weight excluding hydrogens is 322 g/mol. The number of carboxylic acid groups (broad SMARTS) is 1. The molecule has 2 rings (SSSR count). The first kappa shape index (κ1) is 12.6. The summed E-state index contributed by atoms with van der Waals surface area (Å²) in [5.41, 5.74) is 1.08. The number of rotatable bonds is 3. The van der Waals surface area contributed by atoms with E-state index < -0.39 is 5.97 Å². The lowest BCUT2D eigenvalue weighted by atomic mass is 10.3. The molecule has 0 spiro atoms. The molecule has 3 nitrogen and oxygen atoms in total. The number of aromatic carboxylic acids is 1. The molecule has 0 unspecified atom stereocenters. The molecule has 0 aliphatic rings. The monoisotopic (exact) mass is 329 g/mol. The van der Waals surface area contributed by atoms with Gasteiger partial charge in [0.1, 0.15) is 9.90 Å². The molecule has 0 aliphatic heterocycles. The summed E-state index contributed by atoms with van der Waals surface area (Å²) in [6, 6.07) is 3.64. The van der Waals surface area contributed by atoms with Gasteiger partial charge in [-0.1, -0.05) is 11.8 Å². The minimum absolute atomic E-state index is 0.343. The van der Waals surface area contributed by atoms with Crippen molar-refractivity contribution in [1.82, 2.24) is 4.98 Å². The molecule has 0 saturated heterocycles. The predicted octanol–water partition coefficient (Wildman–Crippen LogP) is 4.06. The van der Waals surface area contributed by atoms with Gasteiger partial charge in [-0.3, -0.25) is 0 Å². The van der Waals surface area contributed by atoms with E-state index in [0.29, 0.717) is 4.88 Å². The lowest BCUT2D eigenvalue weighted by Crippen LogP contribution is -1.89. The van der Waals surface area contributed by atoms with E-state index in [1.54, 1.807) is 12.3 Å². The van der Waals surface area contributed by atoms with Gasteiger partial charge in [0.2, 0.25) is 0 Å². The molecule has 2 aromatic rings. The SMILES string of the molecule is Cc1cnc(Sc2csc(C(=O)O)c2)c(Br)c1. The summed E-state index contributed by atoms with van der Waals surface area (Å²) in [7, 11) is 0. The molecule has 2 heterocycles. The van der Waals surface area contributed by atoms with E-state index in [4.69, 9.17) is 5.11 Å². The van der Waals surface area contributed by atoms with Gasteiger partial charge in [-0.05, 0) is 40.5 Å². The van der Waals surface area contributed by atoms with E-state index in [-0.39, 0.29) is 0 Å². The molecule has 0 bridgehead atoms. The summed E-state index contributed by atoms with van der Waals surface area (Å²) < 4.78 is 0.922. The van der Waals surface area contributed by atoms with Crippen molar-refractivity contribution in [2.24, 2.45) is 0 Å². The predicted molar refractivity (Wildman–Crippen MR) is 72.1 cm³/mol. The molecule has 0 fully saturated rings. The van der Waals surface area contributed by atoms with Crippen LogP contribution in [0, 0.1) is 6.92 Å². The van der Waals surface area contributed by atoms with Gasteiger partial charge >= 0.3 is 5.97 Å². The van der Waals surface area contributed by atoms with Crippen LogP contribution in [0.25, 0.3) is 0 Å². The largest absolute Gasteiger partial charge is 0.477 e. The Bertz CT molecular complexity index is 568. The molecule has 2 aromatic heterocycles. The van der Waals surface area contributed by atoms with Crippen LogP contribution in [0.3, 0.4) is 0 Å². The molecule has 0 aliphatic carbocycles. The van der Waals surface area contributed by atoms with Gasteiger partial charge < -0.3 is 5.11 Å². The molecule has 0 saturated carbocycles. The van der Waals surface area contributed by atoms with Gasteiger partial charge in [0.25, 0.3) is 0 Å². The van der Waals surface area contributed by atoms with Crippen LogP contribution in [0.1, 0.15) is 15.2 Å². The normalized spacial score (nSPS) is 10.5. The van der Waals surface area contributed by atoms with Crippen molar-refractivity contribution in [3.05, 3.63) is 38.6 Å².